The van der Waals surface area contributed by atoms with E-state index in [1.54, 1.807) is 12.0 Å². The van der Waals surface area contributed by atoms with Crippen LogP contribution in [0.2, 0.25) is 0 Å². The van der Waals surface area contributed by atoms with Crippen molar-refractivity contribution in [2.45, 2.75) is 12.8 Å². The largest absolute Gasteiger partial charge is 0.497 e. The predicted molar refractivity (Wildman–Crippen MR) is 107 cm³/mol. The van der Waals surface area contributed by atoms with Crippen LogP contribution in [-0.4, -0.2) is 67.5 Å². The van der Waals surface area contributed by atoms with Crippen LogP contribution in [0.5, 0.6) is 5.75 Å². The van der Waals surface area contributed by atoms with Crippen molar-refractivity contribution in [2.24, 2.45) is 5.92 Å². The normalized spacial score (nSPS) is 19.3. The zero-order chi connectivity index (χ0) is 20.4. The number of hydrogen-bond donors (Lipinski definition) is 0. The molecule has 2 aromatic rings. The molecule has 152 valence electrons. The number of ketones is 1. The molecule has 0 spiro atoms. The number of ether oxygens (including phenoxy) is 2. The van der Waals surface area contributed by atoms with E-state index in [1.807, 2.05) is 36.4 Å². The Hall–Kier alpha value is -3.09. The molecule has 1 atom stereocenters. The Morgan fingerprint density at radius 1 is 1.14 bits per heavy atom. The van der Waals surface area contributed by atoms with E-state index < -0.39 is 6.09 Å². The third-order valence-corrected chi connectivity index (χ3v) is 5.65. The van der Waals surface area contributed by atoms with Crippen LogP contribution in [0.4, 0.5) is 4.79 Å². The van der Waals surface area contributed by atoms with Crippen molar-refractivity contribution in [1.82, 2.24) is 9.80 Å². The number of carbonyl (C=O) groups is 3. The van der Waals surface area contributed by atoms with Crippen molar-refractivity contribution < 1.29 is 23.9 Å². The Kier molecular flexibility index (Phi) is 5.38. The fraction of sp³-hybridized carbons (Fsp3) is 0.409. The summed E-state index contributed by atoms with van der Waals surface area (Å²) in [6.45, 7) is 1.77. The van der Waals surface area contributed by atoms with Crippen LogP contribution >= 0.6 is 0 Å². The number of rotatable bonds is 5. The van der Waals surface area contributed by atoms with Crippen molar-refractivity contribution in [2.75, 3.05) is 39.9 Å². The highest BCUT2D eigenvalue weighted by atomic mass is 16.6. The maximum atomic E-state index is 13.1. The van der Waals surface area contributed by atoms with Gasteiger partial charge in [0.25, 0.3) is 0 Å². The fourth-order valence-electron chi connectivity index (χ4n) is 3.99. The van der Waals surface area contributed by atoms with Crippen LogP contribution in [0, 0.1) is 5.92 Å². The number of cyclic esters (lactones) is 1. The van der Waals surface area contributed by atoms with E-state index in [2.05, 4.69) is 0 Å². The summed E-state index contributed by atoms with van der Waals surface area (Å²) in [5, 5.41) is 1.99. The van der Waals surface area contributed by atoms with Crippen LogP contribution in [0.15, 0.2) is 36.4 Å². The van der Waals surface area contributed by atoms with E-state index >= 15 is 0 Å². The molecular formula is C22H24N2O5. The summed E-state index contributed by atoms with van der Waals surface area (Å²) >= 11 is 0. The maximum absolute atomic E-state index is 13.1. The lowest BCUT2D eigenvalue weighted by Gasteiger charge is -2.33. The second-order valence-corrected chi connectivity index (χ2v) is 7.51. The molecule has 2 amide bonds. The lowest BCUT2D eigenvalue weighted by molar-refractivity contribution is -0.133. The number of benzene rings is 2. The first-order chi connectivity index (χ1) is 14.0. The summed E-state index contributed by atoms with van der Waals surface area (Å²) in [4.78, 5) is 40.4. The van der Waals surface area contributed by atoms with E-state index in [0.717, 1.165) is 29.4 Å². The van der Waals surface area contributed by atoms with Crippen molar-refractivity contribution in [3.05, 3.63) is 42.0 Å². The van der Waals surface area contributed by atoms with Gasteiger partial charge in [-0.05, 0) is 41.8 Å². The standard InChI is InChI=1S/C22H24N2O5/c1-28-19-7-6-15-11-17(5-4-16(15)12-19)21(26)18-3-2-8-23(13-18)20(25)14-24-9-10-29-22(24)27/h4-7,11-12,18H,2-3,8-10,13-14H2,1H3/t18-/m0/s1. The Balaban J connectivity index is 1.44. The van der Waals surface area contributed by atoms with Gasteiger partial charge in [0.05, 0.1) is 13.7 Å². The number of piperidine rings is 1. The van der Waals surface area contributed by atoms with Gasteiger partial charge in [-0.2, -0.15) is 0 Å². The Morgan fingerprint density at radius 3 is 2.69 bits per heavy atom. The molecule has 2 heterocycles. The molecule has 0 aromatic heterocycles. The minimum absolute atomic E-state index is 0.0115. The smallest absolute Gasteiger partial charge is 0.410 e. The molecule has 7 heteroatoms. The molecule has 0 saturated carbocycles. The van der Waals surface area contributed by atoms with Gasteiger partial charge in [-0.3, -0.25) is 14.5 Å². The summed E-state index contributed by atoms with van der Waals surface area (Å²) in [5.41, 5.74) is 0.657. The van der Waals surface area contributed by atoms with E-state index in [1.165, 1.54) is 4.90 Å². The van der Waals surface area contributed by atoms with E-state index in [4.69, 9.17) is 9.47 Å². The van der Waals surface area contributed by atoms with Crippen LogP contribution in [0.25, 0.3) is 10.8 Å². The number of fused-ring (bicyclic) bond motifs is 1. The Bertz CT molecular complexity index is 957. The van der Waals surface area contributed by atoms with E-state index in [0.29, 0.717) is 31.8 Å². The monoisotopic (exact) mass is 396 g/mol. The molecule has 7 nitrogen and oxygen atoms in total. The molecule has 0 unspecified atom stereocenters. The number of methoxy groups -OCH3 is 1. The van der Waals surface area contributed by atoms with Crippen molar-refractivity contribution in [1.29, 1.82) is 0 Å². The SMILES string of the molecule is COc1ccc2cc(C(=O)[C@H]3CCCN(C(=O)CN4CCOC4=O)C3)ccc2c1. The first-order valence-corrected chi connectivity index (χ1v) is 9.86. The molecule has 0 N–H and O–H groups in total. The van der Waals surface area contributed by atoms with E-state index in [9.17, 15) is 14.4 Å². The molecule has 4 rings (SSSR count). The molecule has 29 heavy (non-hydrogen) atoms. The minimum Gasteiger partial charge on any atom is -0.497 e. The Morgan fingerprint density at radius 2 is 1.93 bits per heavy atom. The third-order valence-electron chi connectivity index (χ3n) is 5.65. The van der Waals surface area contributed by atoms with Gasteiger partial charge in [-0.25, -0.2) is 4.79 Å². The second-order valence-electron chi connectivity index (χ2n) is 7.51. The topological polar surface area (TPSA) is 76.2 Å². The molecule has 0 aliphatic carbocycles. The van der Waals surface area contributed by atoms with Crippen molar-refractivity contribution in [3.63, 3.8) is 0 Å². The number of likely N-dealkylation sites (tertiary alicyclic amines) is 1. The van der Waals surface area contributed by atoms with Crippen LogP contribution in [0.1, 0.15) is 23.2 Å². The molecule has 2 aromatic carbocycles. The van der Waals surface area contributed by atoms with Crippen LogP contribution < -0.4 is 4.74 Å². The highest BCUT2D eigenvalue weighted by Crippen LogP contribution is 2.26. The van der Waals surface area contributed by atoms with Gasteiger partial charge in [0.1, 0.15) is 18.9 Å². The number of hydrogen-bond acceptors (Lipinski definition) is 5. The molecule has 2 aliphatic rings. The first-order valence-electron chi connectivity index (χ1n) is 9.86. The van der Waals surface area contributed by atoms with Crippen molar-refractivity contribution in [3.8, 4) is 5.75 Å². The highest BCUT2D eigenvalue weighted by molar-refractivity contribution is 6.01. The average Bonchev–Trinajstić information content (AvgIpc) is 3.16. The van der Waals surface area contributed by atoms with Gasteiger partial charge in [-0.1, -0.05) is 18.2 Å². The number of nitrogens with zero attached hydrogens (tertiary/aromatic N) is 2. The van der Waals surface area contributed by atoms with Gasteiger partial charge < -0.3 is 14.4 Å². The van der Waals surface area contributed by atoms with Crippen LogP contribution in [0.3, 0.4) is 0 Å². The lowest BCUT2D eigenvalue weighted by Crippen LogP contribution is -2.46. The summed E-state index contributed by atoms with van der Waals surface area (Å²) < 4.78 is 10.1. The quantitative estimate of drug-likeness (QED) is 0.727. The molecule has 2 saturated heterocycles. The van der Waals surface area contributed by atoms with Gasteiger partial charge in [0, 0.05) is 24.6 Å². The van der Waals surface area contributed by atoms with Gasteiger partial charge in [0.15, 0.2) is 5.78 Å². The van der Waals surface area contributed by atoms with Crippen LogP contribution in [-0.2, 0) is 9.53 Å². The fourth-order valence-corrected chi connectivity index (χ4v) is 3.99. The number of amides is 2. The molecule has 0 radical (unpaired) electrons. The molecule has 2 fully saturated rings. The Labute approximate surface area is 169 Å². The number of carbonyl (C=O) groups excluding carboxylic acids is 3. The summed E-state index contributed by atoms with van der Waals surface area (Å²) in [6, 6.07) is 11.4. The number of Topliss-reactive ketones (excluding diaryl/α,β-unsaturated/α-hetero) is 1. The summed E-state index contributed by atoms with van der Waals surface area (Å²) in [5.74, 6) is 0.474. The minimum atomic E-state index is -0.448. The average molecular weight is 396 g/mol. The zero-order valence-corrected chi connectivity index (χ0v) is 16.4. The molecule has 0 bridgehead atoms. The highest BCUT2D eigenvalue weighted by Gasteiger charge is 2.31. The van der Waals surface area contributed by atoms with Gasteiger partial charge in [-0.15, -0.1) is 0 Å². The first kappa shape index (κ1) is 19.2. The maximum Gasteiger partial charge on any atom is 0.410 e. The lowest BCUT2D eigenvalue weighted by atomic mass is 9.89. The zero-order valence-electron chi connectivity index (χ0n) is 16.4. The van der Waals surface area contributed by atoms with Crippen molar-refractivity contribution >= 4 is 28.6 Å². The van der Waals surface area contributed by atoms with E-state index in [-0.39, 0.29) is 24.2 Å². The predicted octanol–water partition coefficient (Wildman–Crippen LogP) is 2.72. The van der Waals surface area contributed by atoms with Gasteiger partial charge >= 0.3 is 6.09 Å². The molecular weight excluding hydrogens is 372 g/mol. The van der Waals surface area contributed by atoms with Gasteiger partial charge in [0.2, 0.25) is 5.91 Å². The molecule has 2 aliphatic heterocycles. The third kappa shape index (κ3) is 4.04. The summed E-state index contributed by atoms with van der Waals surface area (Å²) in [7, 11) is 1.63. The second kappa shape index (κ2) is 8.11. The summed E-state index contributed by atoms with van der Waals surface area (Å²) in [6.07, 6.45) is 1.09.